The molecule has 1 aromatic heterocycles. The van der Waals surface area contributed by atoms with Gasteiger partial charge < -0.3 is 10.4 Å². The van der Waals surface area contributed by atoms with Crippen LogP contribution in [0.1, 0.15) is 24.8 Å². The first-order chi connectivity index (χ1) is 7.29. The van der Waals surface area contributed by atoms with E-state index in [9.17, 15) is 0 Å². The van der Waals surface area contributed by atoms with Crippen LogP contribution in [-0.2, 0) is 13.6 Å². The third-order valence-electron chi connectivity index (χ3n) is 2.96. The van der Waals surface area contributed by atoms with Gasteiger partial charge in [-0.1, -0.05) is 0 Å². The lowest BCUT2D eigenvalue weighted by atomic mass is 10.1. The summed E-state index contributed by atoms with van der Waals surface area (Å²) in [7, 11) is 1.93. The zero-order valence-corrected chi connectivity index (χ0v) is 9.19. The van der Waals surface area contributed by atoms with E-state index in [1.54, 1.807) is 0 Å². The average molecular weight is 209 g/mol. The van der Waals surface area contributed by atoms with Crippen molar-refractivity contribution >= 4 is 0 Å². The van der Waals surface area contributed by atoms with Crippen LogP contribution in [0.4, 0.5) is 0 Å². The Morgan fingerprint density at radius 1 is 1.67 bits per heavy atom. The molecule has 0 spiro atoms. The molecular formula is C11H19N3O. The van der Waals surface area contributed by atoms with Crippen molar-refractivity contribution < 1.29 is 5.11 Å². The van der Waals surface area contributed by atoms with E-state index in [0.29, 0.717) is 6.04 Å². The molecule has 0 amide bonds. The third-order valence-corrected chi connectivity index (χ3v) is 2.96. The fourth-order valence-electron chi connectivity index (χ4n) is 1.95. The molecule has 1 aromatic rings. The summed E-state index contributed by atoms with van der Waals surface area (Å²) in [5, 5.41) is 16.6. The molecule has 0 aromatic carbocycles. The van der Waals surface area contributed by atoms with Gasteiger partial charge in [-0.05, 0) is 25.2 Å². The van der Waals surface area contributed by atoms with Gasteiger partial charge in [-0.25, -0.2) is 0 Å². The van der Waals surface area contributed by atoms with E-state index < -0.39 is 0 Å². The minimum absolute atomic E-state index is 0.279. The molecule has 1 heterocycles. The largest absolute Gasteiger partial charge is 0.396 e. The average Bonchev–Trinajstić information content (AvgIpc) is 2.97. The lowest BCUT2D eigenvalue weighted by Gasteiger charge is -2.16. The molecule has 0 radical (unpaired) electrons. The first kappa shape index (κ1) is 10.6. The van der Waals surface area contributed by atoms with Crippen molar-refractivity contribution in [3.05, 3.63) is 18.0 Å². The number of aryl methyl sites for hydroxylation is 1. The molecule has 0 aliphatic heterocycles. The van der Waals surface area contributed by atoms with Crippen molar-refractivity contribution in [3.8, 4) is 0 Å². The fraction of sp³-hybridized carbons (Fsp3) is 0.727. The predicted octanol–water partition coefficient (Wildman–Crippen LogP) is 0.671. The summed E-state index contributed by atoms with van der Waals surface area (Å²) >= 11 is 0. The fourth-order valence-corrected chi connectivity index (χ4v) is 1.95. The Labute approximate surface area is 90.3 Å². The van der Waals surface area contributed by atoms with Gasteiger partial charge in [0.15, 0.2) is 0 Å². The minimum atomic E-state index is 0.279. The van der Waals surface area contributed by atoms with E-state index in [4.69, 9.17) is 5.11 Å². The highest BCUT2D eigenvalue weighted by atomic mass is 16.3. The monoisotopic (exact) mass is 209 g/mol. The lowest BCUT2D eigenvalue weighted by molar-refractivity contribution is 0.256. The number of hydrogen-bond donors (Lipinski definition) is 2. The Balaban J connectivity index is 1.79. The summed E-state index contributed by atoms with van der Waals surface area (Å²) in [6.45, 7) is 1.14. The van der Waals surface area contributed by atoms with Crippen LogP contribution < -0.4 is 5.32 Å². The summed E-state index contributed by atoms with van der Waals surface area (Å²) in [6, 6.07) is 0.482. The highest BCUT2D eigenvalue weighted by Gasteiger charge is 2.30. The molecular weight excluding hydrogens is 190 g/mol. The molecule has 2 N–H and O–H groups in total. The van der Waals surface area contributed by atoms with Crippen LogP contribution in [0, 0.1) is 5.92 Å². The van der Waals surface area contributed by atoms with Crippen molar-refractivity contribution in [2.45, 2.75) is 31.8 Å². The summed E-state index contributed by atoms with van der Waals surface area (Å²) < 4.78 is 1.81. The van der Waals surface area contributed by atoms with Crippen LogP contribution in [0.25, 0.3) is 0 Å². The normalized spacial score (nSPS) is 18.0. The molecule has 84 valence electrons. The maximum Gasteiger partial charge on any atom is 0.0534 e. The van der Waals surface area contributed by atoms with Crippen molar-refractivity contribution in [1.82, 2.24) is 15.1 Å². The van der Waals surface area contributed by atoms with Crippen molar-refractivity contribution in [1.29, 1.82) is 0 Å². The SMILES string of the molecule is Cn1cc(CNC(CCO)C2CC2)cn1. The molecule has 15 heavy (non-hydrogen) atoms. The highest BCUT2D eigenvalue weighted by molar-refractivity contribution is 5.03. The quantitative estimate of drug-likeness (QED) is 0.724. The number of nitrogens with zero attached hydrogens (tertiary/aromatic N) is 2. The van der Waals surface area contributed by atoms with Gasteiger partial charge in [-0.15, -0.1) is 0 Å². The predicted molar refractivity (Wildman–Crippen MR) is 58.3 cm³/mol. The Morgan fingerprint density at radius 3 is 3.00 bits per heavy atom. The molecule has 0 saturated heterocycles. The summed E-state index contributed by atoms with van der Waals surface area (Å²) in [5.41, 5.74) is 1.21. The van der Waals surface area contributed by atoms with Crippen LogP contribution in [-0.4, -0.2) is 27.5 Å². The number of aliphatic hydroxyl groups is 1. The minimum Gasteiger partial charge on any atom is -0.396 e. The summed E-state index contributed by atoms with van der Waals surface area (Å²) in [6.07, 6.45) is 7.39. The number of rotatable bonds is 6. The summed E-state index contributed by atoms with van der Waals surface area (Å²) in [4.78, 5) is 0. The van der Waals surface area contributed by atoms with Crippen LogP contribution in [0.3, 0.4) is 0 Å². The maximum atomic E-state index is 8.96. The van der Waals surface area contributed by atoms with Crippen molar-refractivity contribution in [2.24, 2.45) is 13.0 Å². The summed E-state index contributed by atoms with van der Waals surface area (Å²) in [5.74, 6) is 0.786. The van der Waals surface area contributed by atoms with Gasteiger partial charge in [-0.2, -0.15) is 5.10 Å². The van der Waals surface area contributed by atoms with Crippen molar-refractivity contribution in [3.63, 3.8) is 0 Å². The molecule has 1 atom stereocenters. The number of hydrogen-bond acceptors (Lipinski definition) is 3. The zero-order chi connectivity index (χ0) is 10.7. The van der Waals surface area contributed by atoms with E-state index >= 15 is 0 Å². The van der Waals surface area contributed by atoms with Gasteiger partial charge in [0.2, 0.25) is 0 Å². The van der Waals surface area contributed by atoms with Gasteiger partial charge in [0.1, 0.15) is 0 Å². The van der Waals surface area contributed by atoms with E-state index in [1.165, 1.54) is 18.4 Å². The standard InChI is InChI=1S/C11H19N3O/c1-14-8-9(7-13-14)6-12-11(4-5-15)10-2-3-10/h7-8,10-12,15H,2-6H2,1H3. The van der Waals surface area contributed by atoms with E-state index in [1.807, 2.05) is 24.1 Å². The molecule has 1 saturated carbocycles. The number of aliphatic hydroxyl groups excluding tert-OH is 1. The molecule has 1 unspecified atom stereocenters. The maximum absolute atomic E-state index is 8.96. The Hall–Kier alpha value is -0.870. The Morgan fingerprint density at radius 2 is 2.47 bits per heavy atom. The Bertz CT molecular complexity index is 307. The van der Waals surface area contributed by atoms with Crippen LogP contribution >= 0.6 is 0 Å². The number of aromatic nitrogens is 2. The second-order valence-electron chi connectivity index (χ2n) is 4.36. The second kappa shape index (κ2) is 4.77. The zero-order valence-electron chi connectivity index (χ0n) is 9.19. The molecule has 1 aliphatic rings. The van der Waals surface area contributed by atoms with Crippen molar-refractivity contribution in [2.75, 3.05) is 6.61 Å². The first-order valence-corrected chi connectivity index (χ1v) is 5.61. The first-order valence-electron chi connectivity index (χ1n) is 5.61. The Kier molecular flexibility index (Phi) is 3.38. The molecule has 1 aliphatic carbocycles. The molecule has 1 fully saturated rings. The third kappa shape index (κ3) is 3.04. The van der Waals surface area contributed by atoms with Gasteiger partial charge in [0.05, 0.1) is 6.20 Å². The van der Waals surface area contributed by atoms with Crippen LogP contribution in [0.2, 0.25) is 0 Å². The second-order valence-corrected chi connectivity index (χ2v) is 4.36. The van der Waals surface area contributed by atoms with Gasteiger partial charge >= 0.3 is 0 Å². The molecule has 4 nitrogen and oxygen atoms in total. The van der Waals surface area contributed by atoms with E-state index in [0.717, 1.165) is 18.9 Å². The van der Waals surface area contributed by atoms with Crippen LogP contribution in [0.15, 0.2) is 12.4 Å². The van der Waals surface area contributed by atoms with Gasteiger partial charge in [-0.3, -0.25) is 4.68 Å². The van der Waals surface area contributed by atoms with Gasteiger partial charge in [0.25, 0.3) is 0 Å². The van der Waals surface area contributed by atoms with Crippen LogP contribution in [0.5, 0.6) is 0 Å². The van der Waals surface area contributed by atoms with Gasteiger partial charge in [0, 0.05) is 38.0 Å². The molecule has 2 rings (SSSR count). The smallest absolute Gasteiger partial charge is 0.0534 e. The van der Waals surface area contributed by atoms with E-state index in [2.05, 4.69) is 10.4 Å². The van der Waals surface area contributed by atoms with E-state index in [-0.39, 0.29) is 6.61 Å². The molecule has 0 bridgehead atoms. The number of nitrogens with one attached hydrogen (secondary N) is 1. The molecule has 4 heteroatoms. The topological polar surface area (TPSA) is 50.1 Å². The highest BCUT2D eigenvalue weighted by Crippen LogP contribution is 2.33. The lowest BCUT2D eigenvalue weighted by Crippen LogP contribution is -2.31.